The fraction of sp³-hybridized carbons (Fsp3) is 0.250. The molecule has 0 aliphatic rings. The van der Waals surface area contributed by atoms with Crippen LogP contribution in [0.4, 0.5) is 0 Å². The zero-order chi connectivity index (χ0) is 10.6. The molecule has 0 bridgehead atoms. The van der Waals surface area contributed by atoms with E-state index >= 15 is 0 Å². The molecule has 0 heterocycles. The predicted molar refractivity (Wildman–Crippen MR) is 60.0 cm³/mol. The zero-order valence-electron chi connectivity index (χ0n) is 8.38. The molecule has 1 aromatic carbocycles. The van der Waals surface area contributed by atoms with Crippen molar-refractivity contribution in [3.05, 3.63) is 46.5 Å². The zero-order valence-corrected chi connectivity index (χ0v) is 9.14. The minimum absolute atomic E-state index is 0.0267. The van der Waals surface area contributed by atoms with Crippen LogP contribution in [-0.2, 0) is 6.42 Å². The molecule has 0 spiro atoms. The molecule has 1 rings (SSSR count). The summed E-state index contributed by atoms with van der Waals surface area (Å²) in [6.07, 6.45) is 4.14. The van der Waals surface area contributed by atoms with Gasteiger partial charge in [0, 0.05) is 10.6 Å². The van der Waals surface area contributed by atoms with Crippen LogP contribution >= 0.6 is 11.6 Å². The van der Waals surface area contributed by atoms with Crippen LogP contribution in [0.15, 0.2) is 30.4 Å². The monoisotopic (exact) mass is 208 g/mol. The van der Waals surface area contributed by atoms with Gasteiger partial charge in [0.1, 0.15) is 0 Å². The second-order valence-electron chi connectivity index (χ2n) is 3.02. The lowest BCUT2D eigenvalue weighted by atomic mass is 10.1. The van der Waals surface area contributed by atoms with Gasteiger partial charge in [-0.25, -0.2) is 0 Å². The van der Waals surface area contributed by atoms with Gasteiger partial charge < -0.3 is 0 Å². The first-order valence-electron chi connectivity index (χ1n) is 4.64. The quantitative estimate of drug-likeness (QED) is 0.547. The van der Waals surface area contributed by atoms with Gasteiger partial charge in [0.25, 0.3) is 0 Å². The van der Waals surface area contributed by atoms with Crippen molar-refractivity contribution >= 4 is 17.4 Å². The largest absolute Gasteiger partial charge is 0.289 e. The Labute approximate surface area is 89.4 Å². The van der Waals surface area contributed by atoms with Gasteiger partial charge in [0.05, 0.1) is 0 Å². The van der Waals surface area contributed by atoms with E-state index in [4.69, 9.17) is 11.6 Å². The highest BCUT2D eigenvalue weighted by Crippen LogP contribution is 2.18. The van der Waals surface area contributed by atoms with E-state index in [1.807, 2.05) is 19.9 Å². The number of carbonyl (C=O) groups excluding carboxylic acids is 1. The van der Waals surface area contributed by atoms with Crippen LogP contribution in [0.25, 0.3) is 0 Å². The Balaban J connectivity index is 3.06. The van der Waals surface area contributed by atoms with Gasteiger partial charge in [-0.05, 0) is 43.2 Å². The molecule has 74 valence electrons. The molecule has 0 saturated carbocycles. The maximum Gasteiger partial charge on any atom is 0.185 e. The second kappa shape index (κ2) is 4.97. The summed E-state index contributed by atoms with van der Waals surface area (Å²) in [4.78, 5) is 11.5. The SMILES string of the molecule is C/C=C/C(=O)c1ccc(Cl)c(CC)c1. The number of benzene rings is 1. The average molecular weight is 209 g/mol. The van der Waals surface area contributed by atoms with E-state index < -0.39 is 0 Å². The normalized spacial score (nSPS) is 10.8. The van der Waals surface area contributed by atoms with Gasteiger partial charge in [0.15, 0.2) is 5.78 Å². The van der Waals surface area contributed by atoms with E-state index in [1.54, 1.807) is 24.3 Å². The van der Waals surface area contributed by atoms with Crippen molar-refractivity contribution in [1.29, 1.82) is 0 Å². The van der Waals surface area contributed by atoms with E-state index in [9.17, 15) is 4.79 Å². The van der Waals surface area contributed by atoms with Crippen molar-refractivity contribution in [2.75, 3.05) is 0 Å². The molecule has 0 saturated heterocycles. The van der Waals surface area contributed by atoms with Gasteiger partial charge in [0.2, 0.25) is 0 Å². The van der Waals surface area contributed by atoms with Crippen molar-refractivity contribution in [1.82, 2.24) is 0 Å². The van der Waals surface area contributed by atoms with Crippen LogP contribution in [0.1, 0.15) is 29.8 Å². The Bertz CT molecular complexity index is 367. The summed E-state index contributed by atoms with van der Waals surface area (Å²) in [7, 11) is 0. The summed E-state index contributed by atoms with van der Waals surface area (Å²) in [6, 6.07) is 5.38. The number of carbonyl (C=O) groups is 1. The number of rotatable bonds is 3. The smallest absolute Gasteiger partial charge is 0.185 e. The summed E-state index contributed by atoms with van der Waals surface area (Å²) < 4.78 is 0. The lowest BCUT2D eigenvalue weighted by Gasteiger charge is -2.02. The van der Waals surface area contributed by atoms with Crippen molar-refractivity contribution in [2.45, 2.75) is 20.3 Å². The third-order valence-electron chi connectivity index (χ3n) is 2.03. The molecule has 0 radical (unpaired) electrons. The van der Waals surface area contributed by atoms with Crippen LogP contribution in [0.2, 0.25) is 5.02 Å². The first kappa shape index (κ1) is 11.0. The fourth-order valence-electron chi connectivity index (χ4n) is 1.25. The summed E-state index contributed by atoms with van der Waals surface area (Å²) >= 11 is 5.95. The highest BCUT2D eigenvalue weighted by molar-refractivity contribution is 6.31. The van der Waals surface area contributed by atoms with Gasteiger partial charge in [-0.15, -0.1) is 0 Å². The van der Waals surface area contributed by atoms with E-state index in [1.165, 1.54) is 0 Å². The topological polar surface area (TPSA) is 17.1 Å². The number of aryl methyl sites for hydroxylation is 1. The maximum atomic E-state index is 11.5. The van der Waals surface area contributed by atoms with Crippen molar-refractivity contribution in [3.8, 4) is 0 Å². The van der Waals surface area contributed by atoms with E-state index in [0.717, 1.165) is 17.0 Å². The molecular weight excluding hydrogens is 196 g/mol. The standard InChI is InChI=1S/C12H13ClO/c1-3-5-12(14)10-6-7-11(13)9(4-2)8-10/h3,5-8H,4H2,1-2H3/b5-3+. The van der Waals surface area contributed by atoms with Crippen molar-refractivity contribution < 1.29 is 4.79 Å². The summed E-state index contributed by atoms with van der Waals surface area (Å²) in [5.41, 5.74) is 1.71. The number of ketones is 1. The van der Waals surface area contributed by atoms with Crippen LogP contribution in [0.3, 0.4) is 0 Å². The highest BCUT2D eigenvalue weighted by atomic mass is 35.5. The fourth-order valence-corrected chi connectivity index (χ4v) is 1.50. The lowest BCUT2D eigenvalue weighted by Crippen LogP contribution is -1.95. The van der Waals surface area contributed by atoms with Crippen LogP contribution in [0.5, 0.6) is 0 Å². The Morgan fingerprint density at radius 2 is 2.21 bits per heavy atom. The van der Waals surface area contributed by atoms with Gasteiger partial charge in [-0.1, -0.05) is 24.6 Å². The number of hydrogen-bond acceptors (Lipinski definition) is 1. The molecule has 0 amide bonds. The minimum Gasteiger partial charge on any atom is -0.289 e. The van der Waals surface area contributed by atoms with E-state index in [0.29, 0.717) is 5.56 Å². The predicted octanol–water partition coefficient (Wildman–Crippen LogP) is 3.66. The molecule has 2 heteroatoms. The molecule has 0 aromatic heterocycles. The number of hydrogen-bond donors (Lipinski definition) is 0. The third kappa shape index (κ3) is 2.46. The van der Waals surface area contributed by atoms with Crippen molar-refractivity contribution in [3.63, 3.8) is 0 Å². The van der Waals surface area contributed by atoms with E-state index in [2.05, 4.69) is 0 Å². The first-order valence-corrected chi connectivity index (χ1v) is 5.02. The Morgan fingerprint density at radius 1 is 1.50 bits per heavy atom. The third-order valence-corrected chi connectivity index (χ3v) is 2.40. The Kier molecular flexibility index (Phi) is 3.90. The first-order chi connectivity index (χ1) is 6.69. The van der Waals surface area contributed by atoms with Gasteiger partial charge in [-0.3, -0.25) is 4.79 Å². The molecule has 0 unspecified atom stereocenters. The number of allylic oxidation sites excluding steroid dienone is 2. The molecule has 0 aliphatic heterocycles. The van der Waals surface area contributed by atoms with E-state index in [-0.39, 0.29) is 5.78 Å². The Hall–Kier alpha value is -1.08. The van der Waals surface area contributed by atoms with Crippen LogP contribution < -0.4 is 0 Å². The molecule has 1 nitrogen and oxygen atoms in total. The van der Waals surface area contributed by atoms with Crippen LogP contribution in [0, 0.1) is 0 Å². The highest BCUT2D eigenvalue weighted by Gasteiger charge is 2.04. The molecular formula is C12H13ClO. The minimum atomic E-state index is 0.0267. The molecule has 14 heavy (non-hydrogen) atoms. The molecule has 1 aromatic rings. The summed E-state index contributed by atoms with van der Waals surface area (Å²) in [6.45, 7) is 3.85. The summed E-state index contributed by atoms with van der Waals surface area (Å²) in [5.74, 6) is 0.0267. The second-order valence-corrected chi connectivity index (χ2v) is 3.43. The molecule has 0 fully saturated rings. The maximum absolute atomic E-state index is 11.5. The summed E-state index contributed by atoms with van der Waals surface area (Å²) in [5, 5.41) is 0.726. The van der Waals surface area contributed by atoms with Gasteiger partial charge >= 0.3 is 0 Å². The molecule has 0 atom stereocenters. The molecule has 0 N–H and O–H groups in total. The Morgan fingerprint density at radius 3 is 2.79 bits per heavy atom. The van der Waals surface area contributed by atoms with Crippen molar-refractivity contribution in [2.24, 2.45) is 0 Å². The van der Waals surface area contributed by atoms with Crippen LogP contribution in [-0.4, -0.2) is 5.78 Å². The lowest BCUT2D eigenvalue weighted by molar-refractivity contribution is 0.104. The van der Waals surface area contributed by atoms with Gasteiger partial charge in [-0.2, -0.15) is 0 Å². The number of halogens is 1. The molecule has 0 aliphatic carbocycles. The average Bonchev–Trinajstić information content (AvgIpc) is 2.19.